The average Bonchev–Trinajstić information content (AvgIpc) is 3.33. The smallest absolute Gasteiger partial charge is 0.349 e. The normalized spacial score (nSPS) is 25.3. The van der Waals surface area contributed by atoms with E-state index in [2.05, 4.69) is 5.32 Å². The number of rotatable bonds is 6. The van der Waals surface area contributed by atoms with Crippen molar-refractivity contribution in [2.45, 2.75) is 108 Å². The Morgan fingerprint density at radius 3 is 2.55 bits per heavy atom. The first-order valence-corrected chi connectivity index (χ1v) is 15.2. The first-order chi connectivity index (χ1) is 17.6. The van der Waals surface area contributed by atoms with E-state index in [0.717, 1.165) is 62.3 Å². The molecule has 3 aliphatic rings. The van der Waals surface area contributed by atoms with Crippen LogP contribution in [-0.2, 0) is 19.6 Å². The van der Waals surface area contributed by atoms with E-state index in [1.165, 1.54) is 6.42 Å². The number of fused-ring (bicyclic) bond motifs is 3. The van der Waals surface area contributed by atoms with Gasteiger partial charge < -0.3 is 14.8 Å². The number of carbonyl (C=O) groups excluding carboxylic acids is 1. The average molecular weight is 545 g/mol. The maximum absolute atomic E-state index is 14.1. The van der Waals surface area contributed by atoms with Gasteiger partial charge in [0.05, 0.1) is 10.9 Å². The fourth-order valence-corrected chi connectivity index (χ4v) is 7.97. The van der Waals surface area contributed by atoms with E-state index >= 15 is 0 Å². The lowest BCUT2D eigenvalue weighted by molar-refractivity contribution is -0.164. The quantitative estimate of drug-likeness (QED) is 0.473. The molecule has 0 radical (unpaired) electrons. The Bertz CT molecular complexity index is 1230. The predicted octanol–water partition coefficient (Wildman–Crippen LogP) is 5.66. The molecule has 7 nitrogen and oxygen atoms in total. The largest absolute Gasteiger partial charge is 0.476 e. The summed E-state index contributed by atoms with van der Waals surface area (Å²) in [4.78, 5) is 13.5. The molecule has 2 aliphatic heterocycles. The summed E-state index contributed by atoms with van der Waals surface area (Å²) in [5.41, 5.74) is -0.658. The Hall–Kier alpha value is -2.16. The van der Waals surface area contributed by atoms with Gasteiger partial charge in [0.15, 0.2) is 0 Å². The van der Waals surface area contributed by atoms with Gasteiger partial charge in [-0.3, -0.25) is 0 Å². The van der Waals surface area contributed by atoms with Crippen LogP contribution in [0.5, 0.6) is 5.75 Å². The topological polar surface area (TPSA) is 84.9 Å². The Morgan fingerprint density at radius 2 is 1.82 bits per heavy atom. The molecule has 1 saturated carbocycles. The Kier molecular flexibility index (Phi) is 8.75. The highest BCUT2D eigenvalue weighted by Crippen LogP contribution is 2.38. The van der Waals surface area contributed by atoms with Crippen molar-refractivity contribution in [3.63, 3.8) is 0 Å². The summed E-state index contributed by atoms with van der Waals surface area (Å²) in [6.07, 6.45) is 7.01. The third-order valence-corrected chi connectivity index (χ3v) is 9.84. The van der Waals surface area contributed by atoms with Crippen molar-refractivity contribution in [3.05, 3.63) is 36.4 Å². The second kappa shape index (κ2) is 11.5. The van der Waals surface area contributed by atoms with Crippen molar-refractivity contribution in [3.8, 4) is 5.75 Å². The van der Waals surface area contributed by atoms with Crippen LogP contribution in [0.15, 0.2) is 41.3 Å². The van der Waals surface area contributed by atoms with Gasteiger partial charge in [0.2, 0.25) is 16.1 Å². The molecular weight excluding hydrogens is 500 g/mol. The molecule has 3 fully saturated rings. The predicted molar refractivity (Wildman–Crippen MR) is 151 cm³/mol. The zero-order valence-corrected chi connectivity index (χ0v) is 23.1. The zero-order chi connectivity index (χ0) is 26.2. The van der Waals surface area contributed by atoms with E-state index in [9.17, 15) is 13.2 Å². The highest BCUT2D eigenvalue weighted by molar-refractivity contribution is 7.89. The van der Waals surface area contributed by atoms with Crippen molar-refractivity contribution in [2.75, 3.05) is 13.1 Å². The Balaban J connectivity index is 0.00000336. The molecule has 8 heteroatoms. The van der Waals surface area contributed by atoms with Crippen LogP contribution in [-0.4, -0.2) is 55.6 Å². The zero-order valence-electron chi connectivity index (χ0n) is 22.2. The number of esters is 1. The number of hydrogen-bond donors (Lipinski definition) is 1. The van der Waals surface area contributed by atoms with Crippen LogP contribution in [0.3, 0.4) is 0 Å². The van der Waals surface area contributed by atoms with E-state index in [0.29, 0.717) is 18.2 Å². The highest BCUT2D eigenvalue weighted by Gasteiger charge is 2.39. The fourth-order valence-electron chi connectivity index (χ4n) is 6.21. The van der Waals surface area contributed by atoms with Gasteiger partial charge in [-0.2, -0.15) is 4.31 Å². The van der Waals surface area contributed by atoms with Crippen LogP contribution in [0.2, 0.25) is 0 Å². The van der Waals surface area contributed by atoms with Gasteiger partial charge in [-0.05, 0) is 83.2 Å². The molecule has 38 heavy (non-hydrogen) atoms. The van der Waals surface area contributed by atoms with Gasteiger partial charge in [-0.25, -0.2) is 13.2 Å². The summed E-state index contributed by atoms with van der Waals surface area (Å²) in [7, 11) is -3.73. The summed E-state index contributed by atoms with van der Waals surface area (Å²) >= 11 is 0. The Labute approximate surface area is 228 Å². The van der Waals surface area contributed by atoms with Crippen LogP contribution in [0.4, 0.5) is 0 Å². The third-order valence-electron chi connectivity index (χ3n) is 7.91. The van der Waals surface area contributed by atoms with E-state index in [-0.39, 0.29) is 24.4 Å². The molecule has 4 unspecified atom stereocenters. The number of ether oxygens (including phenoxy) is 2. The molecule has 1 aliphatic carbocycles. The summed E-state index contributed by atoms with van der Waals surface area (Å²) in [6.45, 7) is 6.87. The minimum Gasteiger partial charge on any atom is -0.476 e. The molecule has 2 saturated heterocycles. The molecular formula is C30H44N2O5S. The van der Waals surface area contributed by atoms with Crippen LogP contribution >= 0.6 is 0 Å². The number of nitrogens with one attached hydrogen (secondary N) is 1. The van der Waals surface area contributed by atoms with Gasteiger partial charge in [-0.15, -0.1) is 0 Å². The molecule has 210 valence electrons. The van der Waals surface area contributed by atoms with E-state index in [1.54, 1.807) is 16.4 Å². The molecule has 5 rings (SSSR count). The fraction of sp³-hybridized carbons (Fsp3) is 0.633. The lowest BCUT2D eigenvalue weighted by Gasteiger charge is -2.33. The van der Waals surface area contributed by atoms with Crippen LogP contribution < -0.4 is 10.1 Å². The summed E-state index contributed by atoms with van der Waals surface area (Å²) in [6, 6.07) is 10.8. The summed E-state index contributed by atoms with van der Waals surface area (Å²) in [5, 5.41) is 4.92. The van der Waals surface area contributed by atoms with E-state index in [4.69, 9.17) is 9.47 Å². The molecule has 0 aromatic heterocycles. The van der Waals surface area contributed by atoms with E-state index < -0.39 is 27.7 Å². The SMILES string of the molecule is C.CC(C)(C)OC(=O)C(Oc1cc(S(=O)(=O)N2CCCC3CCCC2C3)cc2ccccc12)C1CCCN1. The summed E-state index contributed by atoms with van der Waals surface area (Å²) < 4.78 is 42.0. The van der Waals surface area contributed by atoms with E-state index in [1.807, 2.05) is 45.0 Å². The second-order valence-corrected chi connectivity index (χ2v) is 13.8. The molecule has 2 bridgehead atoms. The number of nitrogens with zero attached hydrogens (tertiary/aromatic N) is 1. The minimum absolute atomic E-state index is 0. The number of hydrogen-bond acceptors (Lipinski definition) is 6. The van der Waals surface area contributed by atoms with Crippen LogP contribution in [0.1, 0.15) is 79.6 Å². The van der Waals surface area contributed by atoms with Crippen LogP contribution in [0.25, 0.3) is 10.8 Å². The van der Waals surface area contributed by atoms with Crippen molar-refractivity contribution < 1.29 is 22.7 Å². The van der Waals surface area contributed by atoms with Crippen molar-refractivity contribution in [1.29, 1.82) is 0 Å². The number of carbonyl (C=O) groups is 1. The maximum atomic E-state index is 14.1. The van der Waals surface area contributed by atoms with Crippen molar-refractivity contribution in [1.82, 2.24) is 9.62 Å². The molecule has 2 heterocycles. The standard InChI is InChI=1S/C29H40N2O5S.CH4/c1-29(2,3)36-28(32)27(25-14-7-15-30-25)35-26-19-23(18-21-11-4-5-13-24(21)26)37(33,34)31-16-8-10-20-9-6-12-22(31)17-20;/h4-5,11,13,18-20,22,25,27,30H,6-10,12,14-17H2,1-3H3;1H4. The molecule has 0 amide bonds. The second-order valence-electron chi connectivity index (χ2n) is 11.9. The monoisotopic (exact) mass is 544 g/mol. The number of benzene rings is 2. The molecule has 1 N–H and O–H groups in total. The lowest BCUT2D eigenvalue weighted by atomic mass is 9.84. The van der Waals surface area contributed by atoms with Gasteiger partial charge in [0, 0.05) is 24.0 Å². The Morgan fingerprint density at radius 1 is 1.05 bits per heavy atom. The molecule has 2 aromatic rings. The maximum Gasteiger partial charge on any atom is 0.349 e. The molecule has 0 spiro atoms. The van der Waals surface area contributed by atoms with Gasteiger partial charge in [0.1, 0.15) is 11.4 Å². The third kappa shape index (κ3) is 6.18. The minimum atomic E-state index is -3.73. The first kappa shape index (κ1) is 28.8. The molecule has 4 atom stereocenters. The van der Waals surface area contributed by atoms with Crippen molar-refractivity contribution in [2.24, 2.45) is 5.92 Å². The van der Waals surface area contributed by atoms with Gasteiger partial charge in [-0.1, -0.05) is 44.5 Å². The van der Waals surface area contributed by atoms with Gasteiger partial charge in [0.25, 0.3) is 0 Å². The first-order valence-electron chi connectivity index (χ1n) is 13.8. The van der Waals surface area contributed by atoms with Crippen molar-refractivity contribution >= 4 is 26.8 Å². The summed E-state index contributed by atoms with van der Waals surface area (Å²) in [5.74, 6) is 0.588. The number of sulfonamides is 1. The van der Waals surface area contributed by atoms with Crippen LogP contribution in [0, 0.1) is 5.92 Å². The lowest BCUT2D eigenvalue weighted by Crippen LogP contribution is -2.47. The van der Waals surface area contributed by atoms with Gasteiger partial charge >= 0.3 is 5.97 Å². The molecule has 2 aromatic carbocycles. The highest BCUT2D eigenvalue weighted by atomic mass is 32.2.